The molecule has 0 aliphatic rings. The van der Waals surface area contributed by atoms with Gasteiger partial charge in [-0.2, -0.15) is 0 Å². The number of rotatable bonds is 12. The predicted octanol–water partition coefficient (Wildman–Crippen LogP) is 7.39. The van der Waals surface area contributed by atoms with E-state index in [0.29, 0.717) is 11.5 Å². The van der Waals surface area contributed by atoms with Crippen LogP contribution in [0.15, 0.2) is 30.3 Å². The van der Waals surface area contributed by atoms with Gasteiger partial charge in [0.2, 0.25) is 0 Å². The first-order chi connectivity index (χ1) is 15.0. The third kappa shape index (κ3) is 6.56. The van der Waals surface area contributed by atoms with Gasteiger partial charge in [0.05, 0.1) is 11.8 Å². The van der Waals surface area contributed by atoms with Crippen LogP contribution in [0, 0.1) is 18.8 Å². The average molecular weight is 427 g/mol. The van der Waals surface area contributed by atoms with Crippen molar-refractivity contribution in [2.24, 2.45) is 11.8 Å². The molecule has 0 bridgehead atoms. The lowest BCUT2D eigenvalue weighted by molar-refractivity contribution is -0.140. The standard InChI is InChI=1S/C27H38O4/c1-6-10-14-20(8-3)26(28)30-24-18-19(5)25(23-17-13-12-16-22(23)24)31-27(29)21(9-4)15-11-7-2/h12-13,16-18,20-21H,6-11,14-15H2,1-5H3. The largest absolute Gasteiger partial charge is 0.426 e. The first-order valence-electron chi connectivity index (χ1n) is 11.9. The molecule has 2 unspecified atom stereocenters. The Balaban J connectivity index is 2.33. The number of fused-ring (bicyclic) bond motifs is 1. The highest BCUT2D eigenvalue weighted by Crippen LogP contribution is 2.37. The van der Waals surface area contributed by atoms with Crippen LogP contribution in [0.4, 0.5) is 0 Å². The maximum atomic E-state index is 12.8. The highest BCUT2D eigenvalue weighted by molar-refractivity contribution is 5.97. The fraction of sp³-hybridized carbons (Fsp3) is 0.556. The zero-order chi connectivity index (χ0) is 22.8. The van der Waals surface area contributed by atoms with Crippen molar-refractivity contribution in [3.05, 3.63) is 35.9 Å². The number of benzene rings is 2. The second kappa shape index (κ2) is 12.5. The molecule has 0 saturated carbocycles. The van der Waals surface area contributed by atoms with Gasteiger partial charge in [-0.3, -0.25) is 9.59 Å². The number of unbranched alkanes of at least 4 members (excludes halogenated alkanes) is 2. The summed E-state index contributed by atoms with van der Waals surface area (Å²) in [4.78, 5) is 25.6. The molecule has 0 radical (unpaired) electrons. The van der Waals surface area contributed by atoms with Crippen molar-refractivity contribution in [2.75, 3.05) is 0 Å². The smallest absolute Gasteiger partial charge is 0.314 e. The molecule has 31 heavy (non-hydrogen) atoms. The maximum absolute atomic E-state index is 12.8. The Hall–Kier alpha value is -2.36. The van der Waals surface area contributed by atoms with Crippen LogP contribution in [0.2, 0.25) is 0 Å². The van der Waals surface area contributed by atoms with Crippen molar-refractivity contribution in [1.29, 1.82) is 0 Å². The molecule has 2 aromatic carbocycles. The Morgan fingerprint density at radius 1 is 0.806 bits per heavy atom. The molecule has 0 heterocycles. The highest BCUT2D eigenvalue weighted by Gasteiger charge is 2.23. The fourth-order valence-electron chi connectivity index (χ4n) is 3.92. The molecule has 4 heteroatoms. The Morgan fingerprint density at radius 2 is 1.32 bits per heavy atom. The number of carbonyl (C=O) groups is 2. The zero-order valence-corrected chi connectivity index (χ0v) is 19.8. The van der Waals surface area contributed by atoms with Gasteiger partial charge in [0.25, 0.3) is 0 Å². The number of carbonyl (C=O) groups excluding carboxylic acids is 2. The van der Waals surface area contributed by atoms with E-state index in [0.717, 1.165) is 67.7 Å². The molecule has 0 aromatic heterocycles. The summed E-state index contributed by atoms with van der Waals surface area (Å²) in [7, 11) is 0. The molecule has 0 N–H and O–H groups in total. The van der Waals surface area contributed by atoms with Gasteiger partial charge in [0, 0.05) is 10.8 Å². The third-order valence-corrected chi connectivity index (χ3v) is 6.02. The van der Waals surface area contributed by atoms with Crippen LogP contribution < -0.4 is 9.47 Å². The second-order valence-corrected chi connectivity index (χ2v) is 8.40. The molecule has 0 aliphatic heterocycles. The minimum absolute atomic E-state index is 0.0969. The molecular weight excluding hydrogens is 388 g/mol. The van der Waals surface area contributed by atoms with Gasteiger partial charge in [-0.25, -0.2) is 0 Å². The van der Waals surface area contributed by atoms with Crippen molar-refractivity contribution >= 4 is 22.7 Å². The zero-order valence-electron chi connectivity index (χ0n) is 19.8. The van der Waals surface area contributed by atoms with Crippen LogP contribution in [0.1, 0.15) is 84.6 Å². The summed E-state index contributed by atoms with van der Waals surface area (Å²) in [6, 6.07) is 9.47. The minimum Gasteiger partial charge on any atom is -0.426 e. The molecular formula is C27H38O4. The third-order valence-electron chi connectivity index (χ3n) is 6.02. The van der Waals surface area contributed by atoms with Crippen LogP contribution in [0.3, 0.4) is 0 Å². The van der Waals surface area contributed by atoms with Gasteiger partial charge in [0.15, 0.2) is 0 Å². The van der Waals surface area contributed by atoms with Crippen molar-refractivity contribution < 1.29 is 19.1 Å². The van der Waals surface area contributed by atoms with E-state index < -0.39 is 0 Å². The molecule has 0 spiro atoms. The first kappa shape index (κ1) is 24.9. The number of esters is 2. The van der Waals surface area contributed by atoms with E-state index in [1.807, 2.05) is 51.1 Å². The van der Waals surface area contributed by atoms with E-state index in [9.17, 15) is 9.59 Å². The average Bonchev–Trinajstić information content (AvgIpc) is 2.77. The van der Waals surface area contributed by atoms with Crippen LogP contribution in [0.25, 0.3) is 10.8 Å². The number of aryl methyl sites for hydroxylation is 1. The molecule has 2 atom stereocenters. The van der Waals surface area contributed by atoms with Gasteiger partial charge < -0.3 is 9.47 Å². The Kier molecular flexibility index (Phi) is 10.0. The predicted molar refractivity (Wildman–Crippen MR) is 127 cm³/mol. The van der Waals surface area contributed by atoms with Crippen molar-refractivity contribution in [2.45, 2.75) is 86.0 Å². The molecule has 0 saturated heterocycles. The SMILES string of the molecule is CCCCC(CC)C(=O)Oc1cc(C)c(OC(=O)C(CC)CCCC)c2ccccc12. The molecule has 2 aromatic rings. The summed E-state index contributed by atoms with van der Waals surface area (Å²) in [5.74, 6) is 0.537. The summed E-state index contributed by atoms with van der Waals surface area (Å²) in [5, 5.41) is 1.59. The summed E-state index contributed by atoms with van der Waals surface area (Å²) in [6.07, 6.45) is 7.36. The number of hydrogen-bond acceptors (Lipinski definition) is 4. The lowest BCUT2D eigenvalue weighted by Gasteiger charge is -2.19. The lowest BCUT2D eigenvalue weighted by Crippen LogP contribution is -2.21. The van der Waals surface area contributed by atoms with E-state index in [2.05, 4.69) is 13.8 Å². The van der Waals surface area contributed by atoms with E-state index in [1.54, 1.807) is 0 Å². The number of ether oxygens (including phenoxy) is 2. The van der Waals surface area contributed by atoms with Gasteiger partial charge in [-0.1, -0.05) is 77.6 Å². The summed E-state index contributed by atoms with van der Waals surface area (Å²) >= 11 is 0. The van der Waals surface area contributed by atoms with E-state index >= 15 is 0 Å². The summed E-state index contributed by atoms with van der Waals surface area (Å²) in [6.45, 7) is 10.2. The van der Waals surface area contributed by atoms with E-state index in [1.165, 1.54) is 0 Å². The van der Waals surface area contributed by atoms with Crippen LogP contribution >= 0.6 is 0 Å². The normalized spacial score (nSPS) is 13.1. The molecule has 0 aliphatic carbocycles. The number of hydrogen-bond donors (Lipinski definition) is 0. The fourth-order valence-corrected chi connectivity index (χ4v) is 3.92. The van der Waals surface area contributed by atoms with E-state index in [4.69, 9.17) is 9.47 Å². The Morgan fingerprint density at radius 3 is 1.84 bits per heavy atom. The maximum Gasteiger partial charge on any atom is 0.314 e. The van der Waals surface area contributed by atoms with E-state index in [-0.39, 0.29) is 23.8 Å². The van der Waals surface area contributed by atoms with Crippen LogP contribution in [-0.4, -0.2) is 11.9 Å². The molecule has 170 valence electrons. The summed E-state index contributed by atoms with van der Waals surface area (Å²) in [5.41, 5.74) is 0.793. The second-order valence-electron chi connectivity index (χ2n) is 8.40. The summed E-state index contributed by atoms with van der Waals surface area (Å²) < 4.78 is 11.8. The quantitative estimate of drug-likeness (QED) is 0.262. The first-order valence-corrected chi connectivity index (χ1v) is 11.9. The highest BCUT2D eigenvalue weighted by atomic mass is 16.5. The van der Waals surface area contributed by atoms with Gasteiger partial charge in [-0.15, -0.1) is 0 Å². The van der Waals surface area contributed by atoms with Crippen molar-refractivity contribution in [1.82, 2.24) is 0 Å². The van der Waals surface area contributed by atoms with Crippen molar-refractivity contribution in [3.8, 4) is 11.5 Å². The molecule has 0 amide bonds. The minimum atomic E-state index is -0.184. The molecule has 0 fully saturated rings. The van der Waals surface area contributed by atoms with Crippen LogP contribution in [0.5, 0.6) is 11.5 Å². The van der Waals surface area contributed by atoms with Gasteiger partial charge in [-0.05, 0) is 44.2 Å². The monoisotopic (exact) mass is 426 g/mol. The van der Waals surface area contributed by atoms with Crippen molar-refractivity contribution in [3.63, 3.8) is 0 Å². The molecule has 2 rings (SSSR count). The van der Waals surface area contributed by atoms with Crippen LogP contribution in [-0.2, 0) is 9.59 Å². The lowest BCUT2D eigenvalue weighted by atomic mass is 9.99. The van der Waals surface area contributed by atoms with Gasteiger partial charge in [0.1, 0.15) is 11.5 Å². The Bertz CT molecular complexity index is 871. The topological polar surface area (TPSA) is 52.6 Å². The molecule has 4 nitrogen and oxygen atoms in total. The Labute approximate surface area is 187 Å². The van der Waals surface area contributed by atoms with Gasteiger partial charge >= 0.3 is 11.9 Å².